The molecule has 1 atom stereocenters. The first kappa shape index (κ1) is 10.2. The summed E-state index contributed by atoms with van der Waals surface area (Å²) in [5, 5.41) is 3.25. The second-order valence-corrected chi connectivity index (χ2v) is 3.28. The van der Waals surface area contributed by atoms with E-state index in [1.54, 1.807) is 6.07 Å². The van der Waals surface area contributed by atoms with Crippen LogP contribution in [0.1, 0.15) is 25.8 Å². The van der Waals surface area contributed by atoms with E-state index in [4.69, 9.17) is 0 Å². The molecule has 0 aliphatic carbocycles. The van der Waals surface area contributed by atoms with E-state index in [0.717, 1.165) is 12.0 Å². The van der Waals surface area contributed by atoms with Gasteiger partial charge in [0.1, 0.15) is 5.82 Å². The average molecular weight is 181 g/mol. The lowest BCUT2D eigenvalue weighted by atomic mass is 10.2. The molecule has 0 aliphatic rings. The lowest BCUT2D eigenvalue weighted by Crippen LogP contribution is -2.24. The molecule has 0 saturated heterocycles. The fourth-order valence-corrected chi connectivity index (χ4v) is 1.07. The first-order valence-corrected chi connectivity index (χ1v) is 4.70. The van der Waals surface area contributed by atoms with Crippen molar-refractivity contribution < 1.29 is 4.39 Å². The molecular weight excluding hydrogens is 165 g/mol. The minimum absolute atomic E-state index is 0.127. The van der Waals surface area contributed by atoms with Crippen LogP contribution in [0.5, 0.6) is 0 Å². The monoisotopic (exact) mass is 181 g/mol. The number of rotatable bonds is 4. The first-order valence-electron chi connectivity index (χ1n) is 4.70. The predicted octanol–water partition coefficient (Wildman–Crippen LogP) is 2.71. The lowest BCUT2D eigenvalue weighted by Gasteiger charge is -2.11. The molecule has 0 heterocycles. The number of halogens is 1. The Morgan fingerprint density at radius 2 is 2.08 bits per heavy atom. The molecule has 0 radical (unpaired) electrons. The van der Waals surface area contributed by atoms with Gasteiger partial charge in [-0.3, -0.25) is 0 Å². The van der Waals surface area contributed by atoms with Gasteiger partial charge in [-0.25, -0.2) is 4.39 Å². The average Bonchev–Trinajstić information content (AvgIpc) is 2.16. The van der Waals surface area contributed by atoms with Crippen LogP contribution >= 0.6 is 0 Å². The van der Waals surface area contributed by atoms with Crippen LogP contribution in [-0.2, 0) is 6.54 Å². The fraction of sp³-hybridized carbons (Fsp3) is 0.455. The Morgan fingerprint density at radius 3 is 2.69 bits per heavy atom. The molecule has 1 N–H and O–H groups in total. The quantitative estimate of drug-likeness (QED) is 0.753. The van der Waals surface area contributed by atoms with E-state index >= 15 is 0 Å². The summed E-state index contributed by atoms with van der Waals surface area (Å²) in [5.74, 6) is -0.127. The molecule has 0 amide bonds. The summed E-state index contributed by atoms with van der Waals surface area (Å²) >= 11 is 0. The summed E-state index contributed by atoms with van der Waals surface area (Å²) in [7, 11) is 0. The maximum atomic E-state index is 13.1. The number of nitrogens with one attached hydrogen (secondary N) is 1. The largest absolute Gasteiger partial charge is 0.310 e. The predicted molar refractivity (Wildman–Crippen MR) is 53.0 cm³/mol. The van der Waals surface area contributed by atoms with Gasteiger partial charge in [0.2, 0.25) is 0 Å². The van der Waals surface area contributed by atoms with Crippen LogP contribution in [0.15, 0.2) is 24.3 Å². The molecule has 1 aromatic carbocycles. The van der Waals surface area contributed by atoms with E-state index in [0.29, 0.717) is 12.6 Å². The minimum Gasteiger partial charge on any atom is -0.310 e. The SMILES string of the molecule is CC[C@H](C)NCc1ccccc1F. The second-order valence-electron chi connectivity index (χ2n) is 3.28. The standard InChI is InChI=1S/C11H16FN/c1-3-9(2)13-8-10-6-4-5-7-11(10)12/h4-7,9,13H,3,8H2,1-2H3/t9-/m0/s1. The molecule has 0 bridgehead atoms. The third-order valence-electron chi connectivity index (χ3n) is 2.21. The van der Waals surface area contributed by atoms with Gasteiger partial charge in [0.05, 0.1) is 0 Å². The Balaban J connectivity index is 2.50. The summed E-state index contributed by atoms with van der Waals surface area (Å²) in [6.45, 7) is 4.82. The molecule has 0 spiro atoms. The topological polar surface area (TPSA) is 12.0 Å². The third-order valence-corrected chi connectivity index (χ3v) is 2.21. The molecule has 0 fully saturated rings. The fourth-order valence-electron chi connectivity index (χ4n) is 1.07. The normalized spacial score (nSPS) is 12.8. The van der Waals surface area contributed by atoms with Crippen molar-refractivity contribution in [2.24, 2.45) is 0 Å². The van der Waals surface area contributed by atoms with Gasteiger partial charge in [-0.15, -0.1) is 0 Å². The van der Waals surface area contributed by atoms with Crippen molar-refractivity contribution in [1.82, 2.24) is 5.32 Å². The van der Waals surface area contributed by atoms with Crippen LogP contribution in [0.25, 0.3) is 0 Å². The second kappa shape index (κ2) is 4.97. The number of hydrogen-bond acceptors (Lipinski definition) is 1. The molecule has 1 nitrogen and oxygen atoms in total. The molecule has 0 aliphatic heterocycles. The van der Waals surface area contributed by atoms with E-state index in [1.807, 2.05) is 12.1 Å². The van der Waals surface area contributed by atoms with Gasteiger partial charge in [-0.05, 0) is 19.4 Å². The molecule has 0 aromatic heterocycles. The van der Waals surface area contributed by atoms with Gasteiger partial charge < -0.3 is 5.32 Å². The highest BCUT2D eigenvalue weighted by Crippen LogP contribution is 2.06. The highest BCUT2D eigenvalue weighted by atomic mass is 19.1. The smallest absolute Gasteiger partial charge is 0.127 e. The van der Waals surface area contributed by atoms with Gasteiger partial charge in [-0.1, -0.05) is 25.1 Å². The molecule has 2 heteroatoms. The molecular formula is C11H16FN. The van der Waals surface area contributed by atoms with Crippen LogP contribution in [0.4, 0.5) is 4.39 Å². The minimum atomic E-state index is -0.127. The van der Waals surface area contributed by atoms with E-state index < -0.39 is 0 Å². The maximum absolute atomic E-state index is 13.1. The van der Waals surface area contributed by atoms with E-state index in [2.05, 4.69) is 19.2 Å². The Hall–Kier alpha value is -0.890. The van der Waals surface area contributed by atoms with Gasteiger partial charge >= 0.3 is 0 Å². The van der Waals surface area contributed by atoms with Crippen molar-refractivity contribution in [2.45, 2.75) is 32.9 Å². The zero-order valence-electron chi connectivity index (χ0n) is 8.18. The Morgan fingerprint density at radius 1 is 1.38 bits per heavy atom. The van der Waals surface area contributed by atoms with Crippen LogP contribution in [0.2, 0.25) is 0 Å². The van der Waals surface area contributed by atoms with Crippen molar-refractivity contribution in [1.29, 1.82) is 0 Å². The van der Waals surface area contributed by atoms with E-state index in [1.165, 1.54) is 6.07 Å². The summed E-state index contributed by atoms with van der Waals surface area (Å²) < 4.78 is 13.1. The number of benzene rings is 1. The van der Waals surface area contributed by atoms with Gasteiger partial charge in [-0.2, -0.15) is 0 Å². The summed E-state index contributed by atoms with van der Waals surface area (Å²) in [6, 6.07) is 7.32. The summed E-state index contributed by atoms with van der Waals surface area (Å²) in [6.07, 6.45) is 1.06. The molecule has 72 valence electrons. The molecule has 0 unspecified atom stereocenters. The van der Waals surface area contributed by atoms with Crippen LogP contribution in [-0.4, -0.2) is 6.04 Å². The van der Waals surface area contributed by atoms with Crippen LogP contribution in [0, 0.1) is 5.82 Å². The van der Waals surface area contributed by atoms with E-state index in [9.17, 15) is 4.39 Å². The van der Waals surface area contributed by atoms with Gasteiger partial charge in [0.15, 0.2) is 0 Å². The Bertz CT molecular complexity index is 260. The van der Waals surface area contributed by atoms with Gasteiger partial charge in [0, 0.05) is 18.2 Å². The van der Waals surface area contributed by atoms with Crippen molar-refractivity contribution in [3.8, 4) is 0 Å². The highest BCUT2D eigenvalue weighted by Gasteiger charge is 2.01. The van der Waals surface area contributed by atoms with Crippen molar-refractivity contribution in [3.05, 3.63) is 35.6 Å². The van der Waals surface area contributed by atoms with Crippen molar-refractivity contribution in [3.63, 3.8) is 0 Å². The van der Waals surface area contributed by atoms with E-state index in [-0.39, 0.29) is 5.82 Å². The Kier molecular flexibility index (Phi) is 3.90. The maximum Gasteiger partial charge on any atom is 0.127 e. The Labute approximate surface area is 79.0 Å². The number of hydrogen-bond donors (Lipinski definition) is 1. The van der Waals surface area contributed by atoms with Gasteiger partial charge in [0.25, 0.3) is 0 Å². The summed E-state index contributed by atoms with van der Waals surface area (Å²) in [4.78, 5) is 0. The molecule has 13 heavy (non-hydrogen) atoms. The molecule has 1 rings (SSSR count). The zero-order chi connectivity index (χ0) is 9.68. The molecule has 1 aromatic rings. The van der Waals surface area contributed by atoms with Crippen LogP contribution in [0.3, 0.4) is 0 Å². The molecule has 0 saturated carbocycles. The summed E-state index contributed by atoms with van der Waals surface area (Å²) in [5.41, 5.74) is 0.739. The lowest BCUT2D eigenvalue weighted by molar-refractivity contribution is 0.517. The third kappa shape index (κ3) is 3.15. The van der Waals surface area contributed by atoms with Crippen molar-refractivity contribution >= 4 is 0 Å². The van der Waals surface area contributed by atoms with Crippen molar-refractivity contribution in [2.75, 3.05) is 0 Å². The first-order chi connectivity index (χ1) is 6.24. The highest BCUT2D eigenvalue weighted by molar-refractivity contribution is 5.16. The zero-order valence-corrected chi connectivity index (χ0v) is 8.18. The van der Waals surface area contributed by atoms with Crippen LogP contribution < -0.4 is 5.32 Å².